The van der Waals surface area contributed by atoms with Gasteiger partial charge in [0.05, 0.1) is 19.6 Å². The van der Waals surface area contributed by atoms with E-state index in [9.17, 15) is 33.9 Å². The monoisotopic (exact) mass is 765 g/mol. The van der Waals surface area contributed by atoms with Gasteiger partial charge in [0.2, 0.25) is 29.5 Å². The number of ether oxygens (including phenoxy) is 1. The molecule has 0 saturated carbocycles. The summed E-state index contributed by atoms with van der Waals surface area (Å²) >= 11 is 0. The molecule has 2 aromatic carbocycles. The normalized spacial score (nSPS) is 15.6. The van der Waals surface area contributed by atoms with E-state index in [-0.39, 0.29) is 56.5 Å². The average molecular weight is 766 g/mol. The van der Waals surface area contributed by atoms with Crippen LogP contribution in [-0.2, 0) is 35.2 Å². The van der Waals surface area contributed by atoms with E-state index in [1.54, 1.807) is 30.3 Å². The molecule has 0 aliphatic carbocycles. The molecule has 0 spiro atoms. The molecule has 0 radical (unpaired) electrons. The first kappa shape index (κ1) is 44.4. The maximum Gasteiger partial charge on any atom is 0.247 e. The Balaban J connectivity index is 1.78. The Hall–Kier alpha value is -5.02. The summed E-state index contributed by atoms with van der Waals surface area (Å²) in [7, 11) is 1.42. The molecule has 15 heteroatoms. The van der Waals surface area contributed by atoms with E-state index in [1.807, 2.05) is 0 Å². The van der Waals surface area contributed by atoms with Crippen molar-refractivity contribution in [3.63, 3.8) is 0 Å². The molecule has 55 heavy (non-hydrogen) atoms. The first-order valence-electron chi connectivity index (χ1n) is 19.3. The lowest BCUT2D eigenvalue weighted by molar-refractivity contribution is -0.140. The Kier molecular flexibility index (Phi) is 19.1. The molecule has 1 heterocycles. The van der Waals surface area contributed by atoms with Crippen LogP contribution in [0.25, 0.3) is 11.1 Å². The fourth-order valence-corrected chi connectivity index (χ4v) is 6.23. The highest BCUT2D eigenvalue weighted by atomic mass is 16.5. The maximum absolute atomic E-state index is 13.8. The van der Waals surface area contributed by atoms with Crippen LogP contribution in [0.4, 0.5) is 0 Å². The van der Waals surface area contributed by atoms with Crippen LogP contribution >= 0.6 is 0 Å². The number of carbonyl (C=O) groups excluding carboxylic acids is 6. The van der Waals surface area contributed by atoms with Gasteiger partial charge < -0.3 is 47.1 Å². The van der Waals surface area contributed by atoms with Gasteiger partial charge in [0, 0.05) is 44.1 Å². The molecule has 3 rings (SSSR count). The second-order valence-electron chi connectivity index (χ2n) is 13.9. The predicted molar refractivity (Wildman–Crippen MR) is 209 cm³/mol. The summed E-state index contributed by atoms with van der Waals surface area (Å²) in [5.74, 6) is -2.97. The van der Waals surface area contributed by atoms with Gasteiger partial charge in [-0.3, -0.25) is 28.8 Å². The second-order valence-corrected chi connectivity index (χ2v) is 13.9. The number of hydrogen-bond donors (Lipinski definition) is 7. The highest BCUT2D eigenvalue weighted by Crippen LogP contribution is 2.39. The van der Waals surface area contributed by atoms with E-state index < -0.39 is 42.3 Å². The Morgan fingerprint density at radius 1 is 0.927 bits per heavy atom. The van der Waals surface area contributed by atoms with Gasteiger partial charge >= 0.3 is 0 Å². The van der Waals surface area contributed by atoms with Crippen molar-refractivity contribution < 1.29 is 38.6 Å². The number of aromatic hydroxyl groups is 1. The van der Waals surface area contributed by atoms with Crippen molar-refractivity contribution >= 4 is 35.3 Å². The number of benzene rings is 2. The number of ketones is 1. The summed E-state index contributed by atoms with van der Waals surface area (Å²) in [6.07, 6.45) is 9.91. The van der Waals surface area contributed by atoms with E-state index in [1.165, 1.54) is 63.5 Å². The van der Waals surface area contributed by atoms with Gasteiger partial charge in [-0.15, -0.1) is 0 Å². The highest BCUT2D eigenvalue weighted by Gasteiger charge is 2.31. The summed E-state index contributed by atoms with van der Waals surface area (Å²) in [4.78, 5) is 78.9. The van der Waals surface area contributed by atoms with Crippen LogP contribution < -0.4 is 37.1 Å². The standard InChI is InChI=1S/C40H59N7O8/c1-4-5-6-7-8-9-10-11-18-42-19-16-35(50)43-26-37(52)47(3)38-29-13-15-34(55-20-17-41)31(23-29)30-21-28(12-14-33(30)49)22-32(39(53)44-24-27(2)48)46-36(51)25-45-40(38)54/h12-15,21,23,32,38,42,49H,4-11,16-20,22,24-26,41H2,1-3H3,(H,43,50)(H,44,53)(H,45,54)(H,46,51). The third-order valence-corrected chi connectivity index (χ3v) is 9.27. The van der Waals surface area contributed by atoms with Gasteiger partial charge in [-0.25, -0.2) is 0 Å². The number of fused-ring (bicyclic) bond motifs is 5. The molecular formula is C40H59N7O8. The Morgan fingerprint density at radius 2 is 1.65 bits per heavy atom. The third kappa shape index (κ3) is 15.0. The number of nitrogens with one attached hydrogen (secondary N) is 5. The molecule has 2 unspecified atom stereocenters. The number of phenolic OH excluding ortho intramolecular Hbond substituents is 1. The number of phenols is 1. The number of unbranched alkanes of at least 4 members (excludes halogenated alkanes) is 7. The molecular weight excluding hydrogens is 706 g/mol. The lowest BCUT2D eigenvalue weighted by Gasteiger charge is -2.29. The van der Waals surface area contributed by atoms with Crippen LogP contribution in [0.15, 0.2) is 36.4 Å². The largest absolute Gasteiger partial charge is 0.507 e. The minimum Gasteiger partial charge on any atom is -0.507 e. The second kappa shape index (κ2) is 23.7. The van der Waals surface area contributed by atoms with E-state index in [0.717, 1.165) is 19.4 Å². The number of amides is 5. The average Bonchev–Trinajstić information content (AvgIpc) is 3.16. The molecule has 15 nitrogen and oxygen atoms in total. The molecule has 5 amide bonds. The molecule has 302 valence electrons. The number of Topliss-reactive ketones (excluding diaryl/α,β-unsaturated/α-hetero) is 1. The van der Waals surface area contributed by atoms with Crippen molar-refractivity contribution in [3.8, 4) is 22.6 Å². The fourth-order valence-electron chi connectivity index (χ4n) is 6.23. The van der Waals surface area contributed by atoms with Gasteiger partial charge in [0.15, 0.2) is 0 Å². The topological polar surface area (TPSA) is 221 Å². The van der Waals surface area contributed by atoms with Crippen molar-refractivity contribution in [2.24, 2.45) is 5.73 Å². The molecule has 8 N–H and O–H groups in total. The molecule has 2 aromatic rings. The van der Waals surface area contributed by atoms with E-state index in [2.05, 4.69) is 33.5 Å². The Morgan fingerprint density at radius 3 is 2.36 bits per heavy atom. The minimum absolute atomic E-state index is 0.00368. The van der Waals surface area contributed by atoms with Gasteiger partial charge in [-0.1, -0.05) is 64.0 Å². The zero-order valence-electron chi connectivity index (χ0n) is 32.5. The summed E-state index contributed by atoms with van der Waals surface area (Å²) in [5, 5.41) is 24.6. The number of nitrogens with two attached hydrogens (primary N) is 1. The summed E-state index contributed by atoms with van der Waals surface area (Å²) in [6, 6.07) is 7.08. The van der Waals surface area contributed by atoms with Crippen molar-refractivity contribution in [1.82, 2.24) is 31.5 Å². The van der Waals surface area contributed by atoms with E-state index in [0.29, 0.717) is 34.5 Å². The van der Waals surface area contributed by atoms with Crippen molar-refractivity contribution in [2.45, 2.75) is 90.1 Å². The Labute approximate surface area is 323 Å². The van der Waals surface area contributed by atoms with Gasteiger partial charge in [-0.2, -0.15) is 0 Å². The molecule has 4 bridgehead atoms. The summed E-state index contributed by atoms with van der Waals surface area (Å²) in [5.41, 5.74) is 7.30. The quantitative estimate of drug-likeness (QED) is 0.0917. The summed E-state index contributed by atoms with van der Waals surface area (Å²) < 4.78 is 5.91. The van der Waals surface area contributed by atoms with Gasteiger partial charge in [0.25, 0.3) is 0 Å². The third-order valence-electron chi connectivity index (χ3n) is 9.27. The zero-order valence-corrected chi connectivity index (χ0v) is 32.5. The number of likely N-dealkylation sites (N-methyl/N-ethyl adjacent to an activating group) is 1. The van der Waals surface area contributed by atoms with Crippen LogP contribution in [-0.4, -0.2) is 104 Å². The van der Waals surface area contributed by atoms with Crippen LogP contribution in [0, 0.1) is 0 Å². The number of carbonyl (C=O) groups is 6. The van der Waals surface area contributed by atoms with Gasteiger partial charge in [0.1, 0.15) is 36.0 Å². The maximum atomic E-state index is 13.8. The van der Waals surface area contributed by atoms with Crippen LogP contribution in [0.1, 0.15) is 88.8 Å². The molecule has 0 saturated heterocycles. The van der Waals surface area contributed by atoms with Crippen LogP contribution in [0.3, 0.4) is 0 Å². The van der Waals surface area contributed by atoms with Crippen molar-refractivity contribution in [1.29, 1.82) is 0 Å². The van der Waals surface area contributed by atoms with Crippen LogP contribution in [0.2, 0.25) is 0 Å². The minimum atomic E-state index is -1.28. The lowest BCUT2D eigenvalue weighted by Crippen LogP contribution is -2.52. The number of rotatable bonds is 21. The number of hydrogen-bond acceptors (Lipinski definition) is 10. The molecule has 1 aliphatic heterocycles. The zero-order chi connectivity index (χ0) is 40.2. The summed E-state index contributed by atoms with van der Waals surface area (Å²) in [6.45, 7) is 4.01. The molecule has 1 aliphatic rings. The molecule has 2 atom stereocenters. The SMILES string of the molecule is CCCCCCCCCCNCCC(=O)NCC(=O)N(C)C1C(=O)NCC(=O)NC(C(=O)NCC(C)=O)Cc2ccc(O)c(c2)-c2cc1ccc2OCCN. The highest BCUT2D eigenvalue weighted by molar-refractivity contribution is 5.95. The van der Waals surface area contributed by atoms with Crippen LogP contribution in [0.5, 0.6) is 11.5 Å². The van der Waals surface area contributed by atoms with E-state index in [4.69, 9.17) is 10.5 Å². The Bertz CT molecular complexity index is 1620. The predicted octanol–water partition coefficient (Wildman–Crippen LogP) is 2.00. The van der Waals surface area contributed by atoms with Crippen molar-refractivity contribution in [3.05, 3.63) is 47.5 Å². The lowest BCUT2D eigenvalue weighted by atomic mass is 9.94. The molecule has 0 fully saturated rings. The first-order valence-corrected chi connectivity index (χ1v) is 19.3. The number of nitrogens with zero attached hydrogens (tertiary/aromatic N) is 1. The fraction of sp³-hybridized carbons (Fsp3) is 0.550. The molecule has 0 aromatic heterocycles. The smallest absolute Gasteiger partial charge is 0.247 e. The first-order chi connectivity index (χ1) is 26.4. The van der Waals surface area contributed by atoms with Gasteiger partial charge in [-0.05, 0) is 55.3 Å². The van der Waals surface area contributed by atoms with Crippen molar-refractivity contribution in [2.75, 3.05) is 52.9 Å². The van der Waals surface area contributed by atoms with E-state index >= 15 is 0 Å².